The Morgan fingerprint density at radius 3 is 2.08 bits per heavy atom. The smallest absolute Gasteiger partial charge is 0.221 e. The van der Waals surface area contributed by atoms with Gasteiger partial charge in [-0.05, 0) is 30.5 Å². The van der Waals surface area contributed by atoms with Crippen molar-refractivity contribution in [2.24, 2.45) is 0 Å². The molecule has 0 fully saturated rings. The number of carbonyl (C=O) groups is 2. The summed E-state index contributed by atoms with van der Waals surface area (Å²) in [4.78, 5) is 25.5. The lowest BCUT2D eigenvalue weighted by atomic mass is 9.98. The Labute approximate surface area is 151 Å². The maximum absolute atomic E-state index is 13.0. The van der Waals surface area contributed by atoms with Crippen LogP contribution in [0.25, 0.3) is 11.1 Å². The summed E-state index contributed by atoms with van der Waals surface area (Å²) in [6.07, 6.45) is 0. The SMILES string of the molecule is CC(=O)Nc1sc(C)c(C)c1C(=O)c1ccc(-c2ccccc2)cc1. The van der Waals surface area contributed by atoms with Gasteiger partial charge in [0.2, 0.25) is 5.91 Å². The van der Waals surface area contributed by atoms with E-state index >= 15 is 0 Å². The summed E-state index contributed by atoms with van der Waals surface area (Å²) in [7, 11) is 0. The van der Waals surface area contributed by atoms with E-state index in [0.717, 1.165) is 21.6 Å². The van der Waals surface area contributed by atoms with Gasteiger partial charge in [0.25, 0.3) is 0 Å². The summed E-state index contributed by atoms with van der Waals surface area (Å²) in [5.74, 6) is -0.236. The lowest BCUT2D eigenvalue weighted by molar-refractivity contribution is -0.114. The fourth-order valence-electron chi connectivity index (χ4n) is 2.74. The average molecular weight is 349 g/mol. The number of hydrogen-bond acceptors (Lipinski definition) is 3. The van der Waals surface area contributed by atoms with Crippen molar-refractivity contribution in [2.45, 2.75) is 20.8 Å². The second-order valence-electron chi connectivity index (χ2n) is 5.94. The fraction of sp³-hybridized carbons (Fsp3) is 0.143. The highest BCUT2D eigenvalue weighted by Gasteiger charge is 2.21. The first-order valence-corrected chi connectivity index (χ1v) is 8.87. The minimum atomic E-state index is -0.172. The normalized spacial score (nSPS) is 10.5. The first kappa shape index (κ1) is 17.1. The predicted molar refractivity (Wildman–Crippen MR) is 103 cm³/mol. The molecule has 25 heavy (non-hydrogen) atoms. The van der Waals surface area contributed by atoms with Crippen LogP contribution in [0.5, 0.6) is 0 Å². The Morgan fingerprint density at radius 2 is 1.48 bits per heavy atom. The summed E-state index contributed by atoms with van der Waals surface area (Å²) in [6.45, 7) is 5.33. The van der Waals surface area contributed by atoms with Crippen molar-refractivity contribution >= 4 is 28.0 Å². The van der Waals surface area contributed by atoms with Gasteiger partial charge in [0.15, 0.2) is 5.78 Å². The molecule has 4 heteroatoms. The average Bonchev–Trinajstić information content (AvgIpc) is 2.88. The second-order valence-corrected chi connectivity index (χ2v) is 7.17. The third-order valence-corrected chi connectivity index (χ3v) is 5.28. The molecule has 1 aromatic heterocycles. The van der Waals surface area contributed by atoms with Crippen molar-refractivity contribution in [2.75, 3.05) is 5.32 Å². The quantitative estimate of drug-likeness (QED) is 0.656. The van der Waals surface area contributed by atoms with Crippen LogP contribution in [0, 0.1) is 13.8 Å². The van der Waals surface area contributed by atoms with Crippen molar-refractivity contribution in [1.82, 2.24) is 0 Å². The Bertz CT molecular complexity index is 925. The molecule has 2 aromatic carbocycles. The lowest BCUT2D eigenvalue weighted by Crippen LogP contribution is -2.10. The van der Waals surface area contributed by atoms with Crippen LogP contribution in [-0.2, 0) is 4.79 Å². The molecule has 126 valence electrons. The van der Waals surface area contributed by atoms with Gasteiger partial charge in [-0.2, -0.15) is 0 Å². The van der Waals surface area contributed by atoms with Crippen molar-refractivity contribution in [3.05, 3.63) is 76.2 Å². The molecule has 1 amide bonds. The van der Waals surface area contributed by atoms with Gasteiger partial charge in [-0.25, -0.2) is 0 Å². The topological polar surface area (TPSA) is 46.2 Å². The molecule has 0 atom stereocenters. The molecule has 0 aliphatic carbocycles. The number of amides is 1. The molecular formula is C21H19NO2S. The van der Waals surface area contributed by atoms with Crippen molar-refractivity contribution in [3.63, 3.8) is 0 Å². The number of rotatable bonds is 4. The first-order chi connectivity index (χ1) is 12.0. The molecule has 3 aromatic rings. The molecule has 3 nitrogen and oxygen atoms in total. The monoisotopic (exact) mass is 349 g/mol. The number of hydrogen-bond donors (Lipinski definition) is 1. The standard InChI is InChI=1S/C21H19NO2S/c1-13-14(2)25-21(22-15(3)23)19(13)20(24)18-11-9-17(10-12-18)16-7-5-4-6-8-16/h4-12H,1-3H3,(H,22,23). The number of ketones is 1. The predicted octanol–water partition coefficient (Wildman–Crippen LogP) is 5.22. The zero-order chi connectivity index (χ0) is 18.0. The van der Waals surface area contributed by atoms with Crippen LogP contribution < -0.4 is 5.32 Å². The van der Waals surface area contributed by atoms with Gasteiger partial charge in [0.1, 0.15) is 5.00 Å². The van der Waals surface area contributed by atoms with Crippen LogP contribution in [0.3, 0.4) is 0 Å². The van der Waals surface area contributed by atoms with Crippen molar-refractivity contribution in [3.8, 4) is 11.1 Å². The Balaban J connectivity index is 1.95. The van der Waals surface area contributed by atoms with Crippen molar-refractivity contribution in [1.29, 1.82) is 0 Å². The Hall–Kier alpha value is -2.72. The zero-order valence-electron chi connectivity index (χ0n) is 14.4. The maximum Gasteiger partial charge on any atom is 0.221 e. The molecule has 0 aliphatic rings. The maximum atomic E-state index is 13.0. The molecule has 0 saturated carbocycles. The summed E-state index contributed by atoms with van der Waals surface area (Å²) in [6, 6.07) is 17.6. The van der Waals surface area contributed by atoms with Gasteiger partial charge < -0.3 is 5.32 Å². The molecule has 0 spiro atoms. The summed E-state index contributed by atoms with van der Waals surface area (Å²) >= 11 is 1.44. The number of carbonyl (C=O) groups excluding carboxylic acids is 2. The minimum Gasteiger partial charge on any atom is -0.317 e. The van der Waals surface area contributed by atoms with Crippen LogP contribution in [0.4, 0.5) is 5.00 Å². The van der Waals surface area contributed by atoms with E-state index in [2.05, 4.69) is 5.32 Å². The molecule has 0 bridgehead atoms. The van der Waals surface area contributed by atoms with Crippen molar-refractivity contribution < 1.29 is 9.59 Å². The van der Waals surface area contributed by atoms with Crippen LogP contribution >= 0.6 is 11.3 Å². The highest BCUT2D eigenvalue weighted by atomic mass is 32.1. The van der Waals surface area contributed by atoms with Crippen LogP contribution in [0.2, 0.25) is 0 Å². The van der Waals surface area contributed by atoms with E-state index in [0.29, 0.717) is 16.1 Å². The van der Waals surface area contributed by atoms with E-state index in [1.807, 2.05) is 68.4 Å². The summed E-state index contributed by atoms with van der Waals surface area (Å²) in [5, 5.41) is 3.41. The second kappa shape index (κ2) is 7.03. The molecule has 0 unspecified atom stereocenters. The third-order valence-electron chi connectivity index (χ3n) is 4.16. The number of thiophene rings is 1. The van der Waals surface area contributed by atoms with Gasteiger partial charge in [-0.1, -0.05) is 54.6 Å². The van der Waals surface area contributed by atoms with Gasteiger partial charge in [0, 0.05) is 17.4 Å². The lowest BCUT2D eigenvalue weighted by Gasteiger charge is -2.07. The molecule has 0 radical (unpaired) electrons. The summed E-state index contributed by atoms with van der Waals surface area (Å²) < 4.78 is 0. The largest absolute Gasteiger partial charge is 0.317 e. The third kappa shape index (κ3) is 3.54. The number of aryl methyl sites for hydroxylation is 1. The van der Waals surface area contributed by atoms with Gasteiger partial charge in [0.05, 0.1) is 5.56 Å². The van der Waals surface area contributed by atoms with Crippen LogP contribution in [0.1, 0.15) is 33.3 Å². The molecule has 0 saturated heterocycles. The molecule has 0 aliphatic heterocycles. The van der Waals surface area contributed by atoms with E-state index in [9.17, 15) is 9.59 Å². The number of anilines is 1. The highest BCUT2D eigenvalue weighted by Crippen LogP contribution is 2.34. The molecule has 1 heterocycles. The van der Waals surface area contributed by atoms with E-state index in [-0.39, 0.29) is 11.7 Å². The van der Waals surface area contributed by atoms with Gasteiger partial charge in [-0.15, -0.1) is 11.3 Å². The van der Waals surface area contributed by atoms with E-state index < -0.39 is 0 Å². The van der Waals surface area contributed by atoms with Crippen LogP contribution in [-0.4, -0.2) is 11.7 Å². The van der Waals surface area contributed by atoms with Gasteiger partial charge in [-0.3, -0.25) is 9.59 Å². The van der Waals surface area contributed by atoms with E-state index in [1.54, 1.807) is 0 Å². The molecule has 3 rings (SSSR count). The van der Waals surface area contributed by atoms with E-state index in [1.165, 1.54) is 18.3 Å². The zero-order valence-corrected chi connectivity index (χ0v) is 15.2. The highest BCUT2D eigenvalue weighted by molar-refractivity contribution is 7.16. The first-order valence-electron chi connectivity index (χ1n) is 8.05. The fourth-order valence-corrected chi connectivity index (χ4v) is 3.84. The summed E-state index contributed by atoms with van der Waals surface area (Å²) in [5.41, 5.74) is 4.31. The number of benzene rings is 2. The van der Waals surface area contributed by atoms with Gasteiger partial charge >= 0.3 is 0 Å². The van der Waals surface area contributed by atoms with Crippen LogP contribution in [0.15, 0.2) is 54.6 Å². The molecule has 1 N–H and O–H groups in total. The minimum absolute atomic E-state index is 0.0646. The Kier molecular flexibility index (Phi) is 4.81. The molecular weight excluding hydrogens is 330 g/mol. The number of nitrogens with one attached hydrogen (secondary N) is 1. The Morgan fingerprint density at radius 1 is 0.880 bits per heavy atom. The van der Waals surface area contributed by atoms with E-state index in [4.69, 9.17) is 0 Å².